The molecule has 1 aromatic carbocycles. The maximum absolute atomic E-state index is 12.5. The van der Waals surface area contributed by atoms with Crippen molar-refractivity contribution in [2.75, 3.05) is 52.3 Å². The van der Waals surface area contributed by atoms with E-state index in [0.717, 1.165) is 13.0 Å². The van der Waals surface area contributed by atoms with Crippen LogP contribution in [-0.4, -0.2) is 73.9 Å². The summed E-state index contributed by atoms with van der Waals surface area (Å²) in [5.74, 6) is 0.548. The fourth-order valence-electron chi connectivity index (χ4n) is 3.08. The van der Waals surface area contributed by atoms with Gasteiger partial charge in [-0.2, -0.15) is 0 Å². The predicted octanol–water partition coefficient (Wildman–Crippen LogP) is 2.50. The number of carbonyl (C=O) groups is 1. The lowest BCUT2D eigenvalue weighted by Crippen LogP contribution is -2.50. The second kappa shape index (κ2) is 10.1. The molecule has 1 aliphatic rings. The molecular weight excluding hydrogens is 356 g/mol. The van der Waals surface area contributed by atoms with Crippen LogP contribution >= 0.6 is 0 Å². The van der Waals surface area contributed by atoms with E-state index in [1.165, 1.54) is 5.56 Å². The van der Waals surface area contributed by atoms with E-state index in [1.807, 2.05) is 32.3 Å². The van der Waals surface area contributed by atoms with Crippen molar-refractivity contribution in [3.05, 3.63) is 54.2 Å². The molecule has 1 aliphatic heterocycles. The zero-order valence-corrected chi connectivity index (χ0v) is 16.5. The number of likely N-dealkylation sites (N-methyl/N-ethyl adjacent to an activating group) is 1. The number of pyridine rings is 1. The Morgan fingerprint density at radius 1 is 1.29 bits per heavy atom. The van der Waals surface area contributed by atoms with Gasteiger partial charge in [-0.25, -0.2) is 9.78 Å². The van der Waals surface area contributed by atoms with Gasteiger partial charge >= 0.3 is 6.03 Å². The number of morpholine rings is 1. The van der Waals surface area contributed by atoms with Crippen molar-refractivity contribution in [3.8, 4) is 5.88 Å². The topological polar surface area (TPSA) is 66.9 Å². The van der Waals surface area contributed by atoms with Crippen LogP contribution < -0.4 is 10.1 Å². The highest BCUT2D eigenvalue weighted by Crippen LogP contribution is 2.14. The molecule has 1 aromatic heterocycles. The number of carbonyl (C=O) groups excluding carboxylic acids is 1. The summed E-state index contributed by atoms with van der Waals surface area (Å²) in [5, 5.41) is 2.89. The van der Waals surface area contributed by atoms with Crippen LogP contribution in [0.25, 0.3) is 0 Å². The molecule has 2 heterocycles. The molecule has 0 spiro atoms. The van der Waals surface area contributed by atoms with Crippen molar-refractivity contribution < 1.29 is 14.3 Å². The van der Waals surface area contributed by atoms with Gasteiger partial charge in [0, 0.05) is 32.1 Å². The number of amides is 2. The minimum atomic E-state index is -0.133. The Hall–Kier alpha value is -2.64. The summed E-state index contributed by atoms with van der Waals surface area (Å²) in [4.78, 5) is 20.6. The number of urea groups is 1. The smallest absolute Gasteiger partial charge is 0.322 e. The molecule has 1 atom stereocenters. The van der Waals surface area contributed by atoms with E-state index in [1.54, 1.807) is 23.2 Å². The van der Waals surface area contributed by atoms with E-state index in [4.69, 9.17) is 9.47 Å². The molecule has 0 radical (unpaired) electrons. The minimum absolute atomic E-state index is 0.0352. The Morgan fingerprint density at radius 2 is 2.11 bits per heavy atom. The number of hydrogen-bond acceptors (Lipinski definition) is 5. The van der Waals surface area contributed by atoms with E-state index in [2.05, 4.69) is 27.3 Å². The maximum Gasteiger partial charge on any atom is 0.322 e. The van der Waals surface area contributed by atoms with E-state index >= 15 is 0 Å². The summed E-state index contributed by atoms with van der Waals surface area (Å²) < 4.78 is 11.4. The van der Waals surface area contributed by atoms with Gasteiger partial charge < -0.3 is 24.6 Å². The highest BCUT2D eigenvalue weighted by Gasteiger charge is 2.24. The Kier molecular flexibility index (Phi) is 7.22. The number of aromatic nitrogens is 1. The molecule has 7 nitrogen and oxygen atoms in total. The molecule has 2 aromatic rings. The van der Waals surface area contributed by atoms with E-state index < -0.39 is 0 Å². The van der Waals surface area contributed by atoms with Crippen molar-refractivity contribution in [1.82, 2.24) is 14.8 Å². The number of nitrogens with one attached hydrogen (secondary N) is 1. The fourth-order valence-corrected chi connectivity index (χ4v) is 3.08. The lowest BCUT2D eigenvalue weighted by molar-refractivity contribution is -0.0228. The number of benzene rings is 1. The Morgan fingerprint density at radius 3 is 2.82 bits per heavy atom. The normalized spacial score (nSPS) is 16.8. The summed E-state index contributed by atoms with van der Waals surface area (Å²) in [6.45, 7) is 3.07. The molecule has 2 amide bonds. The minimum Gasteiger partial charge on any atom is -0.477 e. The Balaban J connectivity index is 1.45. The van der Waals surface area contributed by atoms with Gasteiger partial charge in [0.15, 0.2) is 0 Å². The summed E-state index contributed by atoms with van der Waals surface area (Å²) in [6, 6.07) is 13.6. The largest absolute Gasteiger partial charge is 0.477 e. The molecule has 150 valence electrons. The highest BCUT2D eigenvalue weighted by atomic mass is 16.5. The lowest BCUT2D eigenvalue weighted by Gasteiger charge is -2.34. The number of hydrogen-bond donors (Lipinski definition) is 1. The van der Waals surface area contributed by atoms with Crippen LogP contribution in [0.15, 0.2) is 48.7 Å². The van der Waals surface area contributed by atoms with Crippen molar-refractivity contribution in [3.63, 3.8) is 0 Å². The van der Waals surface area contributed by atoms with Crippen molar-refractivity contribution in [2.45, 2.75) is 12.5 Å². The average molecular weight is 384 g/mol. The predicted molar refractivity (Wildman–Crippen MR) is 109 cm³/mol. The molecule has 0 aliphatic carbocycles. The van der Waals surface area contributed by atoms with Gasteiger partial charge in [-0.3, -0.25) is 0 Å². The van der Waals surface area contributed by atoms with Crippen molar-refractivity contribution >= 4 is 11.7 Å². The fraction of sp³-hybridized carbons (Fsp3) is 0.429. The van der Waals surface area contributed by atoms with E-state index in [9.17, 15) is 4.79 Å². The van der Waals surface area contributed by atoms with Crippen LogP contribution in [-0.2, 0) is 11.2 Å². The third-order valence-electron chi connectivity index (χ3n) is 4.47. The van der Waals surface area contributed by atoms with Gasteiger partial charge in [0.25, 0.3) is 0 Å². The van der Waals surface area contributed by atoms with Gasteiger partial charge in [0.1, 0.15) is 0 Å². The SMILES string of the molecule is CN(C)CC1CN(C(=O)Nc2ccc(OCCc3ccccc3)nc2)CCO1. The third kappa shape index (κ3) is 6.21. The van der Waals surface area contributed by atoms with Crippen molar-refractivity contribution in [1.29, 1.82) is 0 Å². The first-order chi connectivity index (χ1) is 13.6. The van der Waals surface area contributed by atoms with Crippen LogP contribution in [0.1, 0.15) is 5.56 Å². The summed E-state index contributed by atoms with van der Waals surface area (Å²) in [6.07, 6.45) is 2.48. The molecule has 0 bridgehead atoms. The second-order valence-electron chi connectivity index (χ2n) is 7.10. The number of rotatable bonds is 7. The molecule has 1 fully saturated rings. The number of nitrogens with zero attached hydrogens (tertiary/aromatic N) is 3. The van der Waals surface area contributed by atoms with Crippen LogP contribution in [0.5, 0.6) is 5.88 Å². The Labute approximate surface area is 166 Å². The molecule has 3 rings (SSSR count). The first-order valence-corrected chi connectivity index (χ1v) is 9.55. The average Bonchev–Trinajstić information content (AvgIpc) is 2.70. The third-order valence-corrected chi connectivity index (χ3v) is 4.47. The van der Waals surface area contributed by atoms with Crippen LogP contribution in [0.4, 0.5) is 10.5 Å². The maximum atomic E-state index is 12.5. The Bertz CT molecular complexity index is 737. The molecule has 0 saturated carbocycles. The first kappa shape index (κ1) is 20.1. The monoisotopic (exact) mass is 384 g/mol. The molecule has 28 heavy (non-hydrogen) atoms. The van der Waals surface area contributed by atoms with Gasteiger partial charge in [-0.15, -0.1) is 0 Å². The molecule has 1 N–H and O–H groups in total. The van der Waals surface area contributed by atoms with Gasteiger partial charge in [-0.05, 0) is 25.7 Å². The van der Waals surface area contributed by atoms with Crippen LogP contribution in [0.2, 0.25) is 0 Å². The first-order valence-electron chi connectivity index (χ1n) is 9.55. The lowest BCUT2D eigenvalue weighted by atomic mass is 10.2. The summed E-state index contributed by atoms with van der Waals surface area (Å²) in [5.41, 5.74) is 1.88. The van der Waals surface area contributed by atoms with Crippen molar-refractivity contribution in [2.24, 2.45) is 0 Å². The van der Waals surface area contributed by atoms with Crippen LogP contribution in [0.3, 0.4) is 0 Å². The zero-order valence-electron chi connectivity index (χ0n) is 16.5. The molecule has 1 unspecified atom stereocenters. The highest BCUT2D eigenvalue weighted by molar-refractivity contribution is 5.89. The van der Waals surface area contributed by atoms with Gasteiger partial charge in [0.05, 0.1) is 31.2 Å². The molecule has 1 saturated heterocycles. The summed E-state index contributed by atoms with van der Waals surface area (Å²) >= 11 is 0. The number of ether oxygens (including phenoxy) is 2. The molecule has 7 heteroatoms. The second-order valence-corrected chi connectivity index (χ2v) is 7.10. The van der Waals surface area contributed by atoms with Gasteiger partial charge in [-0.1, -0.05) is 30.3 Å². The van der Waals surface area contributed by atoms with E-state index in [-0.39, 0.29) is 12.1 Å². The number of anilines is 1. The van der Waals surface area contributed by atoms with Gasteiger partial charge in [0.2, 0.25) is 5.88 Å². The zero-order chi connectivity index (χ0) is 19.8. The summed E-state index contributed by atoms with van der Waals surface area (Å²) in [7, 11) is 4.00. The van der Waals surface area contributed by atoms with E-state index in [0.29, 0.717) is 37.9 Å². The quantitative estimate of drug-likeness (QED) is 0.795. The molecular formula is C21H28N4O3. The standard InChI is InChI=1S/C21H28N4O3/c1-24(2)15-19-16-25(11-13-27-19)21(26)23-18-8-9-20(22-14-18)28-12-10-17-6-4-3-5-7-17/h3-9,14,19H,10-13,15-16H2,1-2H3,(H,23,26). The van der Waals surface area contributed by atoms with Crippen LogP contribution in [0, 0.1) is 0 Å².